The molecule has 32 heavy (non-hydrogen) atoms. The highest BCUT2D eigenvalue weighted by atomic mass is 16.5. The quantitative estimate of drug-likeness (QED) is 0.458. The second-order valence-electron chi connectivity index (χ2n) is 6.94. The van der Waals surface area contributed by atoms with Crippen LogP contribution in [0.15, 0.2) is 59.1 Å². The lowest BCUT2D eigenvalue weighted by Gasteiger charge is -2.13. The van der Waals surface area contributed by atoms with Crippen LogP contribution < -0.4 is 20.5 Å². The number of primary amides is 1. The number of hydrogen-bond acceptors (Lipinski definition) is 7. The number of hydrogen-bond donors (Lipinski definition) is 2. The van der Waals surface area contributed by atoms with E-state index in [1.807, 2.05) is 30.3 Å². The number of nitrogens with one attached hydrogen (secondary N) is 1. The predicted molar refractivity (Wildman–Crippen MR) is 118 cm³/mol. The molecule has 4 aromatic rings. The van der Waals surface area contributed by atoms with E-state index >= 15 is 0 Å². The molecule has 9 heteroatoms. The fourth-order valence-electron chi connectivity index (χ4n) is 3.25. The smallest absolute Gasteiger partial charge is 0.259 e. The minimum atomic E-state index is -0.628. The summed E-state index contributed by atoms with van der Waals surface area (Å²) in [5.41, 5.74) is 8.20. The largest absolute Gasteiger partial charge is 0.493 e. The number of rotatable bonds is 7. The predicted octanol–water partition coefficient (Wildman–Crippen LogP) is 3.32. The summed E-state index contributed by atoms with van der Waals surface area (Å²) in [7, 11) is 1.47. The molecule has 2 aromatic carbocycles. The molecule has 0 atom stereocenters. The SMILES string of the molecule is COc1ccc(NC(=O)c2cc(-c3ccccc3)nc3onc(C)c23)cc1OCC(N)=O. The van der Waals surface area contributed by atoms with Gasteiger partial charge >= 0.3 is 0 Å². The van der Waals surface area contributed by atoms with Gasteiger partial charge in [-0.05, 0) is 25.1 Å². The van der Waals surface area contributed by atoms with Crippen molar-refractivity contribution in [1.29, 1.82) is 0 Å². The maximum absolute atomic E-state index is 13.2. The standard InChI is InChI=1S/C23H20N4O5/c1-13-21-16(11-17(26-23(21)32-27-13)14-6-4-3-5-7-14)22(29)25-15-8-9-18(30-2)19(10-15)31-12-20(24)28/h3-11H,12H2,1-2H3,(H2,24,28)(H,25,29). The van der Waals surface area contributed by atoms with Gasteiger partial charge in [0.05, 0.1) is 29.4 Å². The molecule has 0 fully saturated rings. The van der Waals surface area contributed by atoms with E-state index in [9.17, 15) is 9.59 Å². The Bertz CT molecular complexity index is 1300. The van der Waals surface area contributed by atoms with Gasteiger partial charge in [0.15, 0.2) is 18.1 Å². The molecule has 0 bridgehead atoms. The molecular formula is C23H20N4O5. The van der Waals surface area contributed by atoms with Gasteiger partial charge in [0.1, 0.15) is 0 Å². The fourth-order valence-corrected chi connectivity index (χ4v) is 3.25. The van der Waals surface area contributed by atoms with Crippen LogP contribution in [-0.2, 0) is 4.79 Å². The van der Waals surface area contributed by atoms with Crippen molar-refractivity contribution in [2.75, 3.05) is 19.0 Å². The maximum atomic E-state index is 13.2. The topological polar surface area (TPSA) is 130 Å². The van der Waals surface area contributed by atoms with Gasteiger partial charge in [-0.3, -0.25) is 9.59 Å². The zero-order valence-corrected chi connectivity index (χ0v) is 17.4. The third-order valence-corrected chi connectivity index (χ3v) is 4.72. The second-order valence-corrected chi connectivity index (χ2v) is 6.94. The summed E-state index contributed by atoms with van der Waals surface area (Å²) >= 11 is 0. The van der Waals surface area contributed by atoms with Crippen LogP contribution in [0.5, 0.6) is 11.5 Å². The third-order valence-electron chi connectivity index (χ3n) is 4.72. The zero-order valence-electron chi connectivity index (χ0n) is 17.4. The van der Waals surface area contributed by atoms with Gasteiger partial charge in [-0.15, -0.1) is 0 Å². The fraction of sp³-hybridized carbons (Fsp3) is 0.130. The summed E-state index contributed by atoms with van der Waals surface area (Å²) < 4.78 is 16.0. The first-order valence-electron chi connectivity index (χ1n) is 9.69. The first-order chi connectivity index (χ1) is 15.5. The summed E-state index contributed by atoms with van der Waals surface area (Å²) in [6, 6.07) is 16.0. The molecule has 0 spiro atoms. The molecule has 2 amide bonds. The zero-order chi connectivity index (χ0) is 22.7. The van der Waals surface area contributed by atoms with Gasteiger partial charge in [0.2, 0.25) is 0 Å². The van der Waals surface area contributed by atoms with Gasteiger partial charge in [-0.2, -0.15) is 0 Å². The van der Waals surface area contributed by atoms with E-state index in [1.54, 1.807) is 31.2 Å². The molecule has 3 N–H and O–H groups in total. The number of nitrogens with zero attached hydrogens (tertiary/aromatic N) is 2. The number of benzene rings is 2. The highest BCUT2D eigenvalue weighted by Gasteiger charge is 2.20. The van der Waals surface area contributed by atoms with Gasteiger partial charge in [0, 0.05) is 17.3 Å². The number of aryl methyl sites for hydroxylation is 1. The molecule has 0 unspecified atom stereocenters. The lowest BCUT2D eigenvalue weighted by Crippen LogP contribution is -2.20. The lowest BCUT2D eigenvalue weighted by molar-refractivity contribution is -0.119. The van der Waals surface area contributed by atoms with Gasteiger partial charge in [-0.25, -0.2) is 4.98 Å². The molecule has 9 nitrogen and oxygen atoms in total. The van der Waals surface area contributed by atoms with Crippen molar-refractivity contribution in [2.24, 2.45) is 5.73 Å². The average Bonchev–Trinajstić information content (AvgIpc) is 3.18. The van der Waals surface area contributed by atoms with Crippen LogP contribution >= 0.6 is 0 Å². The normalized spacial score (nSPS) is 10.7. The number of carbonyl (C=O) groups is 2. The molecule has 2 heterocycles. The second kappa shape index (κ2) is 8.76. The summed E-state index contributed by atoms with van der Waals surface area (Å²) in [5.74, 6) is -0.337. The molecule has 0 aliphatic heterocycles. The molecule has 0 aliphatic rings. The summed E-state index contributed by atoms with van der Waals surface area (Å²) in [5, 5.41) is 7.33. The first-order valence-corrected chi connectivity index (χ1v) is 9.69. The van der Waals surface area contributed by atoms with Crippen LogP contribution in [0.3, 0.4) is 0 Å². The van der Waals surface area contributed by atoms with Crippen molar-refractivity contribution < 1.29 is 23.6 Å². The minimum Gasteiger partial charge on any atom is -0.493 e. The molecular weight excluding hydrogens is 412 g/mol. The van der Waals surface area contributed by atoms with Crippen LogP contribution in [0.4, 0.5) is 5.69 Å². The van der Waals surface area contributed by atoms with Crippen LogP contribution in [-0.4, -0.2) is 35.7 Å². The first kappa shape index (κ1) is 20.9. The molecule has 162 valence electrons. The molecule has 0 aliphatic carbocycles. The van der Waals surface area contributed by atoms with Gasteiger partial charge < -0.3 is 25.0 Å². The summed E-state index contributed by atoms with van der Waals surface area (Å²) in [4.78, 5) is 28.8. The van der Waals surface area contributed by atoms with E-state index in [2.05, 4.69) is 15.5 Å². The number of amides is 2. The van der Waals surface area contributed by atoms with Crippen LogP contribution in [0, 0.1) is 6.92 Å². The Kier molecular flexibility index (Phi) is 5.71. The van der Waals surface area contributed by atoms with Crippen molar-refractivity contribution in [3.8, 4) is 22.8 Å². The third kappa shape index (κ3) is 4.22. The Morgan fingerprint density at radius 3 is 2.59 bits per heavy atom. The van der Waals surface area contributed by atoms with Crippen LogP contribution in [0.2, 0.25) is 0 Å². The van der Waals surface area contributed by atoms with E-state index in [0.29, 0.717) is 33.8 Å². The lowest BCUT2D eigenvalue weighted by atomic mass is 10.0. The number of anilines is 1. The number of pyridine rings is 1. The molecule has 4 rings (SSSR count). The van der Waals surface area contributed by atoms with Crippen LogP contribution in [0.25, 0.3) is 22.4 Å². The van der Waals surface area contributed by atoms with E-state index in [-0.39, 0.29) is 24.0 Å². The van der Waals surface area contributed by atoms with Crippen LogP contribution in [0.1, 0.15) is 16.1 Å². The van der Waals surface area contributed by atoms with E-state index in [1.165, 1.54) is 7.11 Å². The number of nitrogens with two attached hydrogens (primary N) is 1. The Balaban J connectivity index is 1.70. The number of aromatic nitrogens is 2. The van der Waals surface area contributed by atoms with E-state index in [4.69, 9.17) is 19.7 Å². The Labute approximate surface area is 183 Å². The summed E-state index contributed by atoms with van der Waals surface area (Å²) in [6.45, 7) is 1.43. The van der Waals surface area contributed by atoms with Crippen molar-refractivity contribution in [1.82, 2.24) is 10.1 Å². The van der Waals surface area contributed by atoms with E-state index < -0.39 is 5.91 Å². The van der Waals surface area contributed by atoms with Gasteiger partial charge in [-0.1, -0.05) is 35.5 Å². The molecule has 0 radical (unpaired) electrons. The minimum absolute atomic E-state index is 0.272. The van der Waals surface area contributed by atoms with Crippen molar-refractivity contribution in [2.45, 2.75) is 6.92 Å². The number of methoxy groups -OCH3 is 1. The van der Waals surface area contributed by atoms with Gasteiger partial charge in [0.25, 0.3) is 17.5 Å². The molecule has 2 aromatic heterocycles. The average molecular weight is 432 g/mol. The molecule has 0 saturated carbocycles. The van der Waals surface area contributed by atoms with Crippen molar-refractivity contribution in [3.63, 3.8) is 0 Å². The summed E-state index contributed by atoms with van der Waals surface area (Å²) in [6.07, 6.45) is 0. The maximum Gasteiger partial charge on any atom is 0.259 e. The number of carbonyl (C=O) groups excluding carboxylic acids is 2. The monoisotopic (exact) mass is 432 g/mol. The highest BCUT2D eigenvalue weighted by Crippen LogP contribution is 2.32. The highest BCUT2D eigenvalue weighted by molar-refractivity contribution is 6.13. The Hall–Kier alpha value is -4.40. The van der Waals surface area contributed by atoms with E-state index in [0.717, 1.165) is 5.56 Å². The van der Waals surface area contributed by atoms with Crippen molar-refractivity contribution >= 4 is 28.6 Å². The Morgan fingerprint density at radius 2 is 1.88 bits per heavy atom. The number of ether oxygens (including phenoxy) is 2. The Morgan fingerprint density at radius 1 is 1.09 bits per heavy atom. The molecule has 0 saturated heterocycles. The van der Waals surface area contributed by atoms with Crippen molar-refractivity contribution in [3.05, 3.63) is 65.9 Å². The number of fused-ring (bicyclic) bond motifs is 1.